The number of aliphatic hydroxyl groups is 1. The molecule has 0 radical (unpaired) electrons. The van der Waals surface area contributed by atoms with Gasteiger partial charge in [0.1, 0.15) is 0 Å². The molecule has 0 saturated carbocycles. The van der Waals surface area contributed by atoms with Crippen molar-refractivity contribution >= 4 is 23.4 Å². The van der Waals surface area contributed by atoms with Crippen molar-refractivity contribution in [3.8, 4) is 0 Å². The van der Waals surface area contributed by atoms with Gasteiger partial charge >= 0.3 is 0 Å². The first-order valence-corrected chi connectivity index (χ1v) is 6.62. The zero-order valence-electron chi connectivity index (χ0n) is 9.11. The van der Waals surface area contributed by atoms with E-state index in [1.165, 1.54) is 0 Å². The van der Waals surface area contributed by atoms with Crippen LogP contribution in [0.4, 0.5) is 0 Å². The van der Waals surface area contributed by atoms with E-state index in [1.807, 2.05) is 24.3 Å². The Balaban J connectivity index is 2.54. The minimum absolute atomic E-state index is 0.460. The summed E-state index contributed by atoms with van der Waals surface area (Å²) in [7, 11) is 0. The van der Waals surface area contributed by atoms with E-state index in [-0.39, 0.29) is 0 Å². The van der Waals surface area contributed by atoms with Crippen LogP contribution in [0.2, 0.25) is 5.02 Å². The van der Waals surface area contributed by atoms with Crippen molar-refractivity contribution in [1.29, 1.82) is 0 Å². The molecule has 0 amide bonds. The number of hydrogen-bond donors (Lipinski definition) is 1. The first-order chi connectivity index (χ1) is 7.15. The first kappa shape index (κ1) is 12.9. The smallest absolute Gasteiger partial charge is 0.0894 e. The van der Waals surface area contributed by atoms with Crippen molar-refractivity contribution in [2.24, 2.45) is 0 Å². The van der Waals surface area contributed by atoms with Gasteiger partial charge in [0.25, 0.3) is 0 Å². The molecule has 0 fully saturated rings. The predicted octanol–water partition coefficient (Wildman–Crippen LogP) is 3.91. The van der Waals surface area contributed by atoms with Crippen molar-refractivity contribution in [3.05, 3.63) is 34.9 Å². The molecule has 1 rings (SSSR count). The van der Waals surface area contributed by atoms with E-state index in [1.54, 1.807) is 11.8 Å². The maximum atomic E-state index is 9.94. The highest BCUT2D eigenvalue weighted by molar-refractivity contribution is 7.99. The van der Waals surface area contributed by atoms with E-state index < -0.39 is 6.10 Å². The summed E-state index contributed by atoms with van der Waals surface area (Å²) in [5.74, 6) is 0.707. The molecule has 15 heavy (non-hydrogen) atoms. The van der Waals surface area contributed by atoms with Crippen LogP contribution in [0, 0.1) is 0 Å². The molecular formula is C12H17ClOS. The molecule has 0 aliphatic carbocycles. The second-order valence-corrected chi connectivity index (χ2v) is 5.47. The second-order valence-electron chi connectivity index (χ2n) is 3.59. The van der Waals surface area contributed by atoms with E-state index in [4.69, 9.17) is 11.6 Å². The van der Waals surface area contributed by atoms with Crippen LogP contribution in [0.25, 0.3) is 0 Å². The molecule has 0 saturated heterocycles. The van der Waals surface area contributed by atoms with Crippen LogP contribution in [0.15, 0.2) is 24.3 Å². The summed E-state index contributed by atoms with van der Waals surface area (Å²) < 4.78 is 0. The molecule has 3 heteroatoms. The second kappa shape index (κ2) is 6.41. The molecule has 2 unspecified atom stereocenters. The Kier molecular flexibility index (Phi) is 5.51. The summed E-state index contributed by atoms with van der Waals surface area (Å²) in [5.41, 5.74) is 0.829. The van der Waals surface area contributed by atoms with Gasteiger partial charge in [-0.3, -0.25) is 0 Å². The molecule has 1 nitrogen and oxygen atoms in total. The van der Waals surface area contributed by atoms with Gasteiger partial charge in [0.15, 0.2) is 0 Å². The summed E-state index contributed by atoms with van der Waals surface area (Å²) in [5, 5.41) is 11.2. The lowest BCUT2D eigenvalue weighted by Crippen LogP contribution is -2.04. The fourth-order valence-corrected chi connectivity index (χ4v) is 2.40. The minimum Gasteiger partial charge on any atom is -0.387 e. The molecule has 0 spiro atoms. The van der Waals surface area contributed by atoms with Crippen LogP contribution in [0.3, 0.4) is 0 Å². The maximum absolute atomic E-state index is 9.94. The number of halogens is 1. The van der Waals surface area contributed by atoms with Gasteiger partial charge in [-0.15, -0.1) is 0 Å². The van der Waals surface area contributed by atoms with Gasteiger partial charge in [0, 0.05) is 16.0 Å². The quantitative estimate of drug-likeness (QED) is 0.848. The Hall–Kier alpha value is -0.180. The van der Waals surface area contributed by atoms with Crippen LogP contribution in [-0.4, -0.2) is 16.1 Å². The van der Waals surface area contributed by atoms with Gasteiger partial charge in [0.2, 0.25) is 0 Å². The van der Waals surface area contributed by atoms with E-state index in [2.05, 4.69) is 13.8 Å². The van der Waals surface area contributed by atoms with Gasteiger partial charge in [-0.1, -0.05) is 43.6 Å². The van der Waals surface area contributed by atoms with Crippen LogP contribution in [0.1, 0.15) is 31.9 Å². The fraction of sp³-hybridized carbons (Fsp3) is 0.500. The molecule has 0 aliphatic heterocycles. The average molecular weight is 245 g/mol. The largest absolute Gasteiger partial charge is 0.387 e. The van der Waals surface area contributed by atoms with Crippen LogP contribution < -0.4 is 0 Å². The fourth-order valence-electron chi connectivity index (χ4n) is 1.21. The highest BCUT2D eigenvalue weighted by atomic mass is 35.5. The third-order valence-electron chi connectivity index (χ3n) is 2.38. The Labute approximate surface area is 101 Å². The van der Waals surface area contributed by atoms with Crippen LogP contribution in [-0.2, 0) is 0 Å². The molecule has 0 bridgehead atoms. The summed E-state index contributed by atoms with van der Waals surface area (Å²) in [4.78, 5) is 0. The number of rotatable bonds is 5. The molecule has 0 aromatic heterocycles. The summed E-state index contributed by atoms with van der Waals surface area (Å²) in [6.07, 6.45) is 0.664. The van der Waals surface area contributed by atoms with Crippen LogP contribution in [0.5, 0.6) is 0 Å². The Bertz CT molecular complexity index is 303. The normalized spacial score (nSPS) is 14.9. The zero-order valence-corrected chi connectivity index (χ0v) is 10.7. The Morgan fingerprint density at radius 1 is 1.40 bits per heavy atom. The molecular weight excluding hydrogens is 228 g/mol. The molecule has 0 heterocycles. The Morgan fingerprint density at radius 2 is 2.07 bits per heavy atom. The van der Waals surface area contributed by atoms with Crippen molar-refractivity contribution < 1.29 is 5.11 Å². The SMILES string of the molecule is CCC(C)SCC(O)c1ccccc1Cl. The predicted molar refractivity (Wildman–Crippen MR) is 68.6 cm³/mol. The van der Waals surface area contributed by atoms with E-state index in [0.29, 0.717) is 16.0 Å². The number of hydrogen-bond acceptors (Lipinski definition) is 2. The van der Waals surface area contributed by atoms with Gasteiger partial charge in [-0.05, 0) is 18.1 Å². The van der Waals surface area contributed by atoms with E-state index in [9.17, 15) is 5.11 Å². The van der Waals surface area contributed by atoms with Gasteiger partial charge in [-0.25, -0.2) is 0 Å². The molecule has 2 atom stereocenters. The molecule has 84 valence electrons. The summed E-state index contributed by atoms with van der Waals surface area (Å²) in [6, 6.07) is 7.47. The lowest BCUT2D eigenvalue weighted by molar-refractivity contribution is 0.204. The lowest BCUT2D eigenvalue weighted by Gasteiger charge is -2.14. The standard InChI is InChI=1S/C12H17ClOS/c1-3-9(2)15-8-12(14)10-6-4-5-7-11(10)13/h4-7,9,12,14H,3,8H2,1-2H3. The minimum atomic E-state index is -0.460. The number of benzene rings is 1. The lowest BCUT2D eigenvalue weighted by atomic mass is 10.1. The molecule has 1 aromatic rings. The van der Waals surface area contributed by atoms with E-state index in [0.717, 1.165) is 12.0 Å². The third kappa shape index (κ3) is 4.06. The Morgan fingerprint density at radius 3 is 2.67 bits per heavy atom. The number of aliphatic hydroxyl groups excluding tert-OH is 1. The zero-order chi connectivity index (χ0) is 11.3. The van der Waals surface area contributed by atoms with Gasteiger partial charge < -0.3 is 5.11 Å². The van der Waals surface area contributed by atoms with Crippen molar-refractivity contribution in [1.82, 2.24) is 0 Å². The van der Waals surface area contributed by atoms with Crippen molar-refractivity contribution in [2.45, 2.75) is 31.6 Å². The monoisotopic (exact) mass is 244 g/mol. The first-order valence-electron chi connectivity index (χ1n) is 5.19. The highest BCUT2D eigenvalue weighted by Gasteiger charge is 2.12. The molecule has 1 N–H and O–H groups in total. The van der Waals surface area contributed by atoms with Gasteiger partial charge in [0.05, 0.1) is 6.10 Å². The highest BCUT2D eigenvalue weighted by Crippen LogP contribution is 2.27. The van der Waals surface area contributed by atoms with Gasteiger partial charge in [-0.2, -0.15) is 11.8 Å². The summed E-state index contributed by atoms with van der Waals surface area (Å²) in [6.45, 7) is 4.32. The number of thioether (sulfide) groups is 1. The van der Waals surface area contributed by atoms with Crippen molar-refractivity contribution in [2.75, 3.05) is 5.75 Å². The van der Waals surface area contributed by atoms with Crippen LogP contribution >= 0.6 is 23.4 Å². The van der Waals surface area contributed by atoms with Crippen molar-refractivity contribution in [3.63, 3.8) is 0 Å². The molecule has 1 aromatic carbocycles. The van der Waals surface area contributed by atoms with E-state index >= 15 is 0 Å². The summed E-state index contributed by atoms with van der Waals surface area (Å²) >= 11 is 7.78. The average Bonchev–Trinajstić information content (AvgIpc) is 2.26. The topological polar surface area (TPSA) is 20.2 Å². The third-order valence-corrected chi connectivity index (χ3v) is 4.13. The molecule has 0 aliphatic rings. The maximum Gasteiger partial charge on any atom is 0.0894 e.